The molecule has 0 aromatic heterocycles. The third-order valence-electron chi connectivity index (χ3n) is 5.00. The van der Waals surface area contributed by atoms with Gasteiger partial charge in [0.15, 0.2) is 0 Å². The molecule has 0 atom stereocenters. The summed E-state index contributed by atoms with van der Waals surface area (Å²) in [4.78, 5) is 25.9. The Morgan fingerprint density at radius 3 is 2.54 bits per heavy atom. The van der Waals surface area contributed by atoms with Gasteiger partial charge in [0.2, 0.25) is 0 Å². The van der Waals surface area contributed by atoms with Gasteiger partial charge in [-0.1, -0.05) is 48.5 Å². The summed E-state index contributed by atoms with van der Waals surface area (Å²) in [6, 6.07) is 21.7. The second kappa shape index (κ2) is 6.60. The number of amides is 1. The van der Waals surface area contributed by atoms with Gasteiger partial charge in [0.05, 0.1) is 0 Å². The quantitative estimate of drug-likeness (QED) is 0.649. The number of benzene rings is 3. The van der Waals surface area contributed by atoms with E-state index in [4.69, 9.17) is 0 Å². The number of carbonyl (C=O) groups excluding carboxylic acids is 2. The number of aldehydes is 1. The molecule has 0 aliphatic carbocycles. The zero-order chi connectivity index (χ0) is 18.1. The van der Waals surface area contributed by atoms with Crippen LogP contribution in [0.2, 0.25) is 0 Å². The molecular weight excluding hydrogens is 322 g/mol. The van der Waals surface area contributed by atoms with Crippen molar-refractivity contribution in [1.29, 1.82) is 0 Å². The van der Waals surface area contributed by atoms with Crippen LogP contribution in [0.15, 0.2) is 66.7 Å². The first-order valence-corrected chi connectivity index (χ1v) is 8.74. The van der Waals surface area contributed by atoms with E-state index in [2.05, 4.69) is 18.2 Å². The monoisotopic (exact) mass is 341 g/mol. The molecule has 3 nitrogen and oxygen atoms in total. The second-order valence-electron chi connectivity index (χ2n) is 6.57. The average Bonchev–Trinajstić information content (AvgIpc) is 3.12. The van der Waals surface area contributed by atoms with Gasteiger partial charge in [0.25, 0.3) is 5.91 Å². The van der Waals surface area contributed by atoms with E-state index in [1.165, 1.54) is 16.7 Å². The molecule has 0 N–H and O–H groups in total. The van der Waals surface area contributed by atoms with Crippen molar-refractivity contribution in [3.8, 4) is 11.1 Å². The van der Waals surface area contributed by atoms with Gasteiger partial charge in [0, 0.05) is 23.4 Å². The third-order valence-corrected chi connectivity index (χ3v) is 5.00. The maximum Gasteiger partial charge on any atom is 0.258 e. The fraction of sp³-hybridized carbons (Fsp3) is 0.130. The Morgan fingerprint density at radius 2 is 1.81 bits per heavy atom. The van der Waals surface area contributed by atoms with Crippen LogP contribution in [0.5, 0.6) is 0 Å². The van der Waals surface area contributed by atoms with Crippen LogP contribution in [0.1, 0.15) is 31.8 Å². The molecule has 3 heteroatoms. The predicted octanol–water partition coefficient (Wildman–Crippen LogP) is 4.68. The fourth-order valence-corrected chi connectivity index (χ4v) is 3.63. The normalized spacial score (nSPS) is 12.7. The first kappa shape index (κ1) is 16.3. The largest absolute Gasteiger partial charge is 0.308 e. The predicted molar refractivity (Wildman–Crippen MR) is 104 cm³/mol. The molecule has 0 unspecified atom stereocenters. The summed E-state index contributed by atoms with van der Waals surface area (Å²) in [5, 5.41) is 0. The summed E-state index contributed by atoms with van der Waals surface area (Å²) in [5.74, 6) is -0.0190. The van der Waals surface area contributed by atoms with E-state index in [0.717, 1.165) is 24.0 Å². The topological polar surface area (TPSA) is 37.4 Å². The molecule has 0 bridgehead atoms. The molecule has 4 rings (SSSR count). The first-order chi connectivity index (χ1) is 12.7. The van der Waals surface area contributed by atoms with Gasteiger partial charge in [-0.05, 0) is 53.8 Å². The summed E-state index contributed by atoms with van der Waals surface area (Å²) < 4.78 is 0. The van der Waals surface area contributed by atoms with Crippen LogP contribution in [-0.4, -0.2) is 18.7 Å². The van der Waals surface area contributed by atoms with Gasteiger partial charge < -0.3 is 4.90 Å². The molecule has 0 saturated carbocycles. The minimum absolute atomic E-state index is 0.0190. The van der Waals surface area contributed by atoms with E-state index in [0.29, 0.717) is 17.7 Å². The number of hydrogen-bond acceptors (Lipinski definition) is 2. The number of nitrogens with zero attached hydrogens (tertiary/aromatic N) is 1. The molecule has 3 aromatic carbocycles. The van der Waals surface area contributed by atoms with Crippen LogP contribution < -0.4 is 4.90 Å². The number of hydrogen-bond donors (Lipinski definition) is 0. The molecule has 0 saturated heterocycles. The highest BCUT2D eigenvalue weighted by molar-refractivity contribution is 6.08. The lowest BCUT2D eigenvalue weighted by atomic mass is 9.98. The van der Waals surface area contributed by atoms with Crippen molar-refractivity contribution in [2.75, 3.05) is 11.4 Å². The highest BCUT2D eigenvalue weighted by Gasteiger charge is 2.27. The molecule has 0 spiro atoms. The first-order valence-electron chi connectivity index (χ1n) is 8.74. The molecular formula is C23H19NO2. The number of anilines is 1. The lowest BCUT2D eigenvalue weighted by molar-refractivity contribution is 0.0988. The van der Waals surface area contributed by atoms with E-state index >= 15 is 0 Å². The summed E-state index contributed by atoms with van der Waals surface area (Å²) >= 11 is 0. The molecule has 0 radical (unpaired) electrons. The second-order valence-corrected chi connectivity index (χ2v) is 6.57. The van der Waals surface area contributed by atoms with E-state index in [9.17, 15) is 9.59 Å². The van der Waals surface area contributed by atoms with Gasteiger partial charge >= 0.3 is 0 Å². The maximum absolute atomic E-state index is 13.0. The van der Waals surface area contributed by atoms with Crippen molar-refractivity contribution in [2.45, 2.75) is 13.3 Å². The summed E-state index contributed by atoms with van der Waals surface area (Å²) in [7, 11) is 0. The van der Waals surface area contributed by atoms with Crippen LogP contribution in [-0.2, 0) is 6.42 Å². The average molecular weight is 341 g/mol. The van der Waals surface area contributed by atoms with Crippen LogP contribution in [0, 0.1) is 6.92 Å². The van der Waals surface area contributed by atoms with Gasteiger partial charge in [-0.15, -0.1) is 0 Å². The Bertz CT molecular complexity index is 992. The number of aryl methyl sites for hydroxylation is 1. The molecule has 1 aliphatic rings. The Hall–Kier alpha value is -3.20. The van der Waals surface area contributed by atoms with Gasteiger partial charge in [-0.2, -0.15) is 0 Å². The summed E-state index contributed by atoms with van der Waals surface area (Å²) in [6.07, 6.45) is 1.67. The zero-order valence-electron chi connectivity index (χ0n) is 14.6. The molecule has 3 aromatic rings. The fourth-order valence-electron chi connectivity index (χ4n) is 3.63. The molecule has 1 heterocycles. The van der Waals surface area contributed by atoms with Crippen molar-refractivity contribution in [3.05, 3.63) is 89.0 Å². The number of carbonyl (C=O) groups is 2. The maximum atomic E-state index is 13.0. The Morgan fingerprint density at radius 1 is 1.00 bits per heavy atom. The standard InChI is InChI=1S/C23H19NO2/c1-16-14-18(10-11-19(16)15-25)23(26)24-13-12-21-20(8-5-9-22(21)24)17-6-3-2-4-7-17/h2-11,14-15H,12-13H2,1H3. The third kappa shape index (κ3) is 2.72. The van der Waals surface area contributed by atoms with Gasteiger partial charge in [-0.3, -0.25) is 9.59 Å². The number of rotatable bonds is 3. The van der Waals surface area contributed by atoms with Gasteiger partial charge in [-0.25, -0.2) is 0 Å². The SMILES string of the molecule is Cc1cc(C(=O)N2CCc3c(-c4ccccc4)cccc32)ccc1C=O. The highest BCUT2D eigenvalue weighted by Crippen LogP contribution is 2.36. The summed E-state index contributed by atoms with van der Waals surface area (Å²) in [6.45, 7) is 2.53. The minimum Gasteiger partial charge on any atom is -0.308 e. The van der Waals surface area contributed by atoms with Crippen LogP contribution >= 0.6 is 0 Å². The molecule has 26 heavy (non-hydrogen) atoms. The van der Waals surface area contributed by atoms with E-state index < -0.39 is 0 Å². The van der Waals surface area contributed by atoms with E-state index in [1.807, 2.05) is 42.2 Å². The summed E-state index contributed by atoms with van der Waals surface area (Å²) in [5.41, 5.74) is 6.61. The van der Waals surface area contributed by atoms with Crippen molar-refractivity contribution in [2.24, 2.45) is 0 Å². The van der Waals surface area contributed by atoms with Crippen LogP contribution in [0.4, 0.5) is 5.69 Å². The minimum atomic E-state index is -0.0190. The van der Waals surface area contributed by atoms with Crippen LogP contribution in [0.25, 0.3) is 11.1 Å². The van der Waals surface area contributed by atoms with Crippen molar-refractivity contribution < 1.29 is 9.59 Å². The van der Waals surface area contributed by atoms with Crippen LogP contribution in [0.3, 0.4) is 0 Å². The molecule has 0 fully saturated rings. The lowest BCUT2D eigenvalue weighted by Gasteiger charge is -2.18. The Labute approximate surface area is 152 Å². The van der Waals surface area contributed by atoms with Crippen molar-refractivity contribution in [3.63, 3.8) is 0 Å². The number of fused-ring (bicyclic) bond motifs is 1. The van der Waals surface area contributed by atoms with Gasteiger partial charge in [0.1, 0.15) is 6.29 Å². The highest BCUT2D eigenvalue weighted by atomic mass is 16.2. The Kier molecular flexibility index (Phi) is 4.13. The Balaban J connectivity index is 1.71. The zero-order valence-corrected chi connectivity index (χ0v) is 14.6. The molecule has 1 amide bonds. The molecule has 1 aliphatic heterocycles. The smallest absolute Gasteiger partial charge is 0.258 e. The van der Waals surface area contributed by atoms with Crippen molar-refractivity contribution >= 4 is 17.9 Å². The molecule has 128 valence electrons. The lowest BCUT2D eigenvalue weighted by Crippen LogP contribution is -2.28. The van der Waals surface area contributed by atoms with E-state index in [1.54, 1.807) is 18.2 Å². The van der Waals surface area contributed by atoms with E-state index in [-0.39, 0.29) is 5.91 Å². The van der Waals surface area contributed by atoms with Crippen molar-refractivity contribution in [1.82, 2.24) is 0 Å².